The van der Waals surface area contributed by atoms with Gasteiger partial charge in [0, 0.05) is 33.3 Å². The normalized spacial score (nSPS) is 19.3. The molecule has 0 aromatic carbocycles. The number of rotatable bonds is 9. The fourth-order valence-corrected chi connectivity index (χ4v) is 2.66. The second-order valence-electron chi connectivity index (χ2n) is 5.39. The molecule has 118 valence electrons. The van der Waals surface area contributed by atoms with Gasteiger partial charge in [-0.2, -0.15) is 0 Å². The number of piperidine rings is 1. The zero-order valence-electron chi connectivity index (χ0n) is 13.4. The molecule has 0 radical (unpaired) electrons. The Morgan fingerprint density at radius 1 is 1.25 bits per heavy atom. The number of ether oxygens (including phenoxy) is 1. The molecule has 1 rings (SSSR count). The summed E-state index contributed by atoms with van der Waals surface area (Å²) in [5.41, 5.74) is 0. The summed E-state index contributed by atoms with van der Waals surface area (Å²) in [5, 5.41) is 3.32. The summed E-state index contributed by atoms with van der Waals surface area (Å²) in [6.07, 6.45) is 2.12. The molecule has 1 amide bonds. The summed E-state index contributed by atoms with van der Waals surface area (Å²) in [6.45, 7) is 11.3. The lowest BCUT2D eigenvalue weighted by atomic mass is 9.98. The van der Waals surface area contributed by atoms with E-state index in [4.69, 9.17) is 4.74 Å². The van der Waals surface area contributed by atoms with Gasteiger partial charge in [0.1, 0.15) is 0 Å². The second kappa shape index (κ2) is 10.1. The summed E-state index contributed by atoms with van der Waals surface area (Å²) in [6, 6.07) is 0. The van der Waals surface area contributed by atoms with Gasteiger partial charge in [-0.1, -0.05) is 13.8 Å². The fourth-order valence-electron chi connectivity index (χ4n) is 2.66. The van der Waals surface area contributed by atoms with Gasteiger partial charge in [0.2, 0.25) is 5.91 Å². The molecule has 5 heteroatoms. The van der Waals surface area contributed by atoms with Crippen molar-refractivity contribution < 1.29 is 9.53 Å². The van der Waals surface area contributed by atoms with Gasteiger partial charge in [0.15, 0.2) is 0 Å². The maximum absolute atomic E-state index is 12.6. The molecular weight excluding hydrogens is 254 g/mol. The zero-order valence-corrected chi connectivity index (χ0v) is 13.4. The van der Waals surface area contributed by atoms with Crippen molar-refractivity contribution in [1.82, 2.24) is 15.1 Å². The molecule has 0 saturated carbocycles. The number of carbonyl (C=O) groups excluding carboxylic acids is 1. The molecule has 5 nitrogen and oxygen atoms in total. The van der Waals surface area contributed by atoms with E-state index in [9.17, 15) is 4.79 Å². The Bertz CT molecular complexity index is 264. The molecule has 1 atom stereocenters. The highest BCUT2D eigenvalue weighted by atomic mass is 16.5. The van der Waals surface area contributed by atoms with Gasteiger partial charge in [-0.15, -0.1) is 0 Å². The van der Waals surface area contributed by atoms with E-state index in [0.717, 1.165) is 52.1 Å². The molecule has 1 unspecified atom stereocenters. The SMILES string of the molecule is CCN(CC)CCN(CCOC)C(=O)C1CCCNC1. The molecule has 20 heavy (non-hydrogen) atoms. The quantitative estimate of drug-likeness (QED) is 0.681. The first-order valence-corrected chi connectivity index (χ1v) is 7.93. The summed E-state index contributed by atoms with van der Waals surface area (Å²) >= 11 is 0. The highest BCUT2D eigenvalue weighted by Gasteiger charge is 2.25. The van der Waals surface area contributed by atoms with Gasteiger partial charge in [-0.05, 0) is 32.5 Å². The van der Waals surface area contributed by atoms with E-state index in [1.165, 1.54) is 0 Å². The molecule has 1 fully saturated rings. The summed E-state index contributed by atoms with van der Waals surface area (Å²) < 4.78 is 5.15. The molecule has 1 heterocycles. The molecule has 0 aromatic heterocycles. The predicted octanol–water partition coefficient (Wildman–Crippen LogP) is 0.803. The van der Waals surface area contributed by atoms with Gasteiger partial charge in [-0.25, -0.2) is 0 Å². The number of hydrogen-bond acceptors (Lipinski definition) is 4. The van der Waals surface area contributed by atoms with Crippen LogP contribution in [-0.2, 0) is 9.53 Å². The largest absolute Gasteiger partial charge is 0.383 e. The molecular formula is C15H31N3O2. The molecule has 0 aromatic rings. The van der Waals surface area contributed by atoms with Crippen LogP contribution in [0.5, 0.6) is 0 Å². The van der Waals surface area contributed by atoms with E-state index >= 15 is 0 Å². The van der Waals surface area contributed by atoms with Crippen molar-refractivity contribution in [1.29, 1.82) is 0 Å². The van der Waals surface area contributed by atoms with Gasteiger partial charge >= 0.3 is 0 Å². The van der Waals surface area contributed by atoms with Crippen molar-refractivity contribution in [2.45, 2.75) is 26.7 Å². The van der Waals surface area contributed by atoms with Crippen LogP contribution in [-0.4, -0.2) is 75.2 Å². The molecule has 1 N–H and O–H groups in total. The first kappa shape index (κ1) is 17.4. The Kier molecular flexibility index (Phi) is 8.82. The van der Waals surface area contributed by atoms with E-state index in [2.05, 4.69) is 24.1 Å². The highest BCUT2D eigenvalue weighted by Crippen LogP contribution is 2.13. The number of carbonyl (C=O) groups is 1. The Hall–Kier alpha value is -0.650. The van der Waals surface area contributed by atoms with Crippen molar-refractivity contribution in [3.05, 3.63) is 0 Å². The Labute approximate surface area is 123 Å². The second-order valence-corrected chi connectivity index (χ2v) is 5.39. The van der Waals surface area contributed by atoms with Crippen molar-refractivity contribution in [2.24, 2.45) is 5.92 Å². The fraction of sp³-hybridized carbons (Fsp3) is 0.933. The number of amides is 1. The predicted molar refractivity (Wildman–Crippen MR) is 81.8 cm³/mol. The van der Waals surface area contributed by atoms with Crippen LogP contribution < -0.4 is 5.32 Å². The highest BCUT2D eigenvalue weighted by molar-refractivity contribution is 5.79. The van der Waals surface area contributed by atoms with Crippen LogP contribution in [0, 0.1) is 5.92 Å². The first-order chi connectivity index (χ1) is 9.72. The Morgan fingerprint density at radius 2 is 2.00 bits per heavy atom. The van der Waals surface area contributed by atoms with Crippen LogP contribution in [0.4, 0.5) is 0 Å². The monoisotopic (exact) mass is 285 g/mol. The van der Waals surface area contributed by atoms with E-state index in [-0.39, 0.29) is 5.92 Å². The molecule has 1 aliphatic rings. The molecule has 0 spiro atoms. The minimum absolute atomic E-state index is 0.150. The van der Waals surface area contributed by atoms with Crippen LogP contribution >= 0.6 is 0 Å². The van der Waals surface area contributed by atoms with Crippen LogP contribution in [0.3, 0.4) is 0 Å². The van der Waals surface area contributed by atoms with Gasteiger partial charge in [-0.3, -0.25) is 4.79 Å². The number of methoxy groups -OCH3 is 1. The van der Waals surface area contributed by atoms with Crippen LogP contribution in [0.15, 0.2) is 0 Å². The number of likely N-dealkylation sites (N-methyl/N-ethyl adjacent to an activating group) is 1. The van der Waals surface area contributed by atoms with Crippen LogP contribution in [0.1, 0.15) is 26.7 Å². The minimum atomic E-state index is 0.150. The van der Waals surface area contributed by atoms with E-state index < -0.39 is 0 Å². The maximum atomic E-state index is 12.6. The summed E-state index contributed by atoms with van der Waals surface area (Å²) in [7, 11) is 1.69. The standard InChI is InChI=1S/C15H31N3O2/c1-4-17(5-2)9-10-18(11-12-20-3)15(19)14-7-6-8-16-13-14/h14,16H,4-13H2,1-3H3. The van der Waals surface area contributed by atoms with Crippen LogP contribution in [0.25, 0.3) is 0 Å². The molecule has 0 aliphatic carbocycles. The lowest BCUT2D eigenvalue weighted by Crippen LogP contribution is -2.46. The molecule has 1 aliphatic heterocycles. The van der Waals surface area contributed by atoms with Crippen molar-refractivity contribution >= 4 is 5.91 Å². The lowest BCUT2D eigenvalue weighted by Gasteiger charge is -2.31. The van der Waals surface area contributed by atoms with E-state index in [1.54, 1.807) is 7.11 Å². The van der Waals surface area contributed by atoms with Gasteiger partial charge in [0.25, 0.3) is 0 Å². The lowest BCUT2D eigenvalue weighted by molar-refractivity contribution is -0.137. The van der Waals surface area contributed by atoms with Gasteiger partial charge in [0.05, 0.1) is 12.5 Å². The summed E-state index contributed by atoms with van der Waals surface area (Å²) in [5.74, 6) is 0.443. The van der Waals surface area contributed by atoms with Crippen molar-refractivity contribution in [2.75, 3.05) is 59.5 Å². The third-order valence-electron chi connectivity index (χ3n) is 4.10. The Morgan fingerprint density at radius 3 is 2.55 bits per heavy atom. The van der Waals surface area contributed by atoms with Crippen molar-refractivity contribution in [3.63, 3.8) is 0 Å². The number of nitrogens with one attached hydrogen (secondary N) is 1. The van der Waals surface area contributed by atoms with E-state index in [1.807, 2.05) is 4.90 Å². The van der Waals surface area contributed by atoms with E-state index in [0.29, 0.717) is 19.1 Å². The third-order valence-corrected chi connectivity index (χ3v) is 4.10. The smallest absolute Gasteiger partial charge is 0.227 e. The summed E-state index contributed by atoms with van der Waals surface area (Å²) in [4.78, 5) is 16.9. The van der Waals surface area contributed by atoms with Gasteiger partial charge < -0.3 is 19.9 Å². The number of hydrogen-bond donors (Lipinski definition) is 1. The third kappa shape index (κ3) is 5.77. The average molecular weight is 285 g/mol. The molecule has 1 saturated heterocycles. The molecule has 0 bridgehead atoms. The topological polar surface area (TPSA) is 44.8 Å². The first-order valence-electron chi connectivity index (χ1n) is 7.93. The van der Waals surface area contributed by atoms with Crippen molar-refractivity contribution in [3.8, 4) is 0 Å². The minimum Gasteiger partial charge on any atom is -0.383 e. The number of nitrogens with zero attached hydrogens (tertiary/aromatic N) is 2. The zero-order chi connectivity index (χ0) is 14.8. The van der Waals surface area contributed by atoms with Crippen LogP contribution in [0.2, 0.25) is 0 Å². The average Bonchev–Trinajstić information content (AvgIpc) is 2.51. The Balaban J connectivity index is 2.50. The maximum Gasteiger partial charge on any atom is 0.227 e.